The fourth-order valence-electron chi connectivity index (χ4n) is 3.61. The van der Waals surface area contributed by atoms with E-state index in [1.54, 1.807) is 0 Å². The van der Waals surface area contributed by atoms with Gasteiger partial charge in [0.1, 0.15) is 0 Å². The molecule has 1 unspecified atom stereocenters. The predicted octanol–water partition coefficient (Wildman–Crippen LogP) is 4.96. The van der Waals surface area contributed by atoms with E-state index in [0.717, 1.165) is 18.5 Å². The van der Waals surface area contributed by atoms with E-state index in [-0.39, 0.29) is 0 Å². The summed E-state index contributed by atoms with van der Waals surface area (Å²) >= 11 is 0. The van der Waals surface area contributed by atoms with E-state index in [9.17, 15) is 0 Å². The minimum atomic E-state index is 0.742. The fraction of sp³-hybridized carbons (Fsp3) is 0.684. The maximum atomic E-state index is 3.72. The lowest BCUT2D eigenvalue weighted by Gasteiger charge is -2.27. The molecule has 1 N–H and O–H groups in total. The third-order valence-electron chi connectivity index (χ3n) is 4.70. The molecule has 1 aliphatic carbocycles. The van der Waals surface area contributed by atoms with Crippen LogP contribution in [0.3, 0.4) is 0 Å². The van der Waals surface area contributed by atoms with Gasteiger partial charge in [-0.05, 0) is 43.7 Å². The van der Waals surface area contributed by atoms with E-state index in [1.807, 2.05) is 0 Å². The van der Waals surface area contributed by atoms with Gasteiger partial charge in [0, 0.05) is 6.04 Å². The number of aryl methyl sites for hydroxylation is 1. The summed E-state index contributed by atoms with van der Waals surface area (Å²) in [6.07, 6.45) is 12.6. The molecule has 0 aromatic heterocycles. The molecule has 0 aliphatic heterocycles. The second-order valence-corrected chi connectivity index (χ2v) is 6.37. The van der Waals surface area contributed by atoms with E-state index in [0.29, 0.717) is 0 Å². The van der Waals surface area contributed by atoms with E-state index in [2.05, 4.69) is 42.6 Å². The molecule has 1 aromatic rings. The van der Waals surface area contributed by atoms with Crippen molar-refractivity contribution in [3.63, 3.8) is 0 Å². The number of benzene rings is 1. The lowest BCUT2D eigenvalue weighted by Crippen LogP contribution is -2.31. The number of hydrogen-bond acceptors (Lipinski definition) is 1. The van der Waals surface area contributed by atoms with Crippen molar-refractivity contribution in [3.8, 4) is 0 Å². The molecular weight excluding hydrogens is 242 g/mol. The van der Waals surface area contributed by atoms with Crippen LogP contribution in [0, 0.1) is 5.92 Å². The van der Waals surface area contributed by atoms with Gasteiger partial charge in [-0.25, -0.2) is 0 Å². The molecule has 20 heavy (non-hydrogen) atoms. The average Bonchev–Trinajstić information content (AvgIpc) is 2.49. The zero-order valence-electron chi connectivity index (χ0n) is 13.1. The van der Waals surface area contributed by atoms with Crippen LogP contribution < -0.4 is 5.32 Å². The second kappa shape index (κ2) is 9.18. The van der Waals surface area contributed by atoms with Crippen LogP contribution in [0.5, 0.6) is 0 Å². The summed E-state index contributed by atoms with van der Waals surface area (Å²) in [7, 11) is 0. The number of rotatable bonds is 8. The minimum absolute atomic E-state index is 0.742. The Kier molecular flexibility index (Phi) is 7.14. The third kappa shape index (κ3) is 5.66. The lowest BCUT2D eigenvalue weighted by atomic mass is 9.83. The Morgan fingerprint density at radius 2 is 1.85 bits per heavy atom. The SMILES string of the molecule is CCNC(CCCc1ccccc1)CC1CCCCC1. The maximum absolute atomic E-state index is 3.72. The highest BCUT2D eigenvalue weighted by molar-refractivity contribution is 5.14. The molecule has 0 saturated heterocycles. The molecule has 1 aromatic carbocycles. The van der Waals surface area contributed by atoms with Gasteiger partial charge in [0.15, 0.2) is 0 Å². The van der Waals surface area contributed by atoms with E-state index in [1.165, 1.54) is 63.4 Å². The van der Waals surface area contributed by atoms with Gasteiger partial charge in [0.05, 0.1) is 0 Å². The standard InChI is InChI=1S/C19H31N/c1-2-20-19(16-18-12-7-4-8-13-18)15-9-14-17-10-5-3-6-11-17/h3,5-6,10-11,18-20H,2,4,7-9,12-16H2,1H3. The van der Waals surface area contributed by atoms with Crippen LogP contribution in [-0.2, 0) is 6.42 Å². The molecule has 1 aliphatic rings. The molecule has 1 heteroatoms. The fourth-order valence-corrected chi connectivity index (χ4v) is 3.61. The highest BCUT2D eigenvalue weighted by Gasteiger charge is 2.18. The van der Waals surface area contributed by atoms with Gasteiger partial charge in [-0.2, -0.15) is 0 Å². The van der Waals surface area contributed by atoms with E-state index >= 15 is 0 Å². The van der Waals surface area contributed by atoms with Crippen LogP contribution in [0.2, 0.25) is 0 Å². The normalized spacial score (nSPS) is 18.1. The molecule has 0 amide bonds. The van der Waals surface area contributed by atoms with Gasteiger partial charge in [-0.15, -0.1) is 0 Å². The summed E-state index contributed by atoms with van der Waals surface area (Å²) in [4.78, 5) is 0. The van der Waals surface area contributed by atoms with Crippen molar-refractivity contribution in [1.82, 2.24) is 5.32 Å². The van der Waals surface area contributed by atoms with Gasteiger partial charge in [0.2, 0.25) is 0 Å². The Morgan fingerprint density at radius 1 is 1.10 bits per heavy atom. The highest BCUT2D eigenvalue weighted by Crippen LogP contribution is 2.28. The van der Waals surface area contributed by atoms with E-state index in [4.69, 9.17) is 0 Å². The van der Waals surface area contributed by atoms with Gasteiger partial charge in [0.25, 0.3) is 0 Å². The molecule has 0 heterocycles. The van der Waals surface area contributed by atoms with Gasteiger partial charge in [-0.3, -0.25) is 0 Å². The van der Waals surface area contributed by atoms with Crippen LogP contribution in [0.15, 0.2) is 30.3 Å². The summed E-state index contributed by atoms with van der Waals surface area (Å²) in [5.74, 6) is 0.990. The predicted molar refractivity (Wildman–Crippen MR) is 88.0 cm³/mol. The Hall–Kier alpha value is -0.820. The van der Waals surface area contributed by atoms with Crippen molar-refractivity contribution in [2.75, 3.05) is 6.54 Å². The summed E-state index contributed by atoms with van der Waals surface area (Å²) in [6, 6.07) is 11.7. The lowest BCUT2D eigenvalue weighted by molar-refractivity contribution is 0.290. The first-order valence-electron chi connectivity index (χ1n) is 8.65. The molecule has 1 fully saturated rings. The zero-order valence-corrected chi connectivity index (χ0v) is 13.1. The monoisotopic (exact) mass is 273 g/mol. The van der Waals surface area contributed by atoms with Gasteiger partial charge in [-0.1, -0.05) is 69.4 Å². The van der Waals surface area contributed by atoms with Gasteiger partial charge < -0.3 is 5.32 Å². The number of hydrogen-bond donors (Lipinski definition) is 1. The number of nitrogens with one attached hydrogen (secondary N) is 1. The molecular formula is C19H31N. The zero-order chi connectivity index (χ0) is 14.0. The van der Waals surface area contributed by atoms with Crippen molar-refractivity contribution >= 4 is 0 Å². The molecule has 0 bridgehead atoms. The van der Waals surface area contributed by atoms with E-state index < -0.39 is 0 Å². The molecule has 0 spiro atoms. The van der Waals surface area contributed by atoms with Crippen molar-refractivity contribution in [2.24, 2.45) is 5.92 Å². The Bertz CT molecular complexity index is 340. The minimum Gasteiger partial charge on any atom is -0.314 e. The quantitative estimate of drug-likeness (QED) is 0.706. The summed E-state index contributed by atoms with van der Waals surface area (Å²) in [5, 5.41) is 3.72. The summed E-state index contributed by atoms with van der Waals surface area (Å²) in [6.45, 7) is 3.35. The molecule has 1 nitrogen and oxygen atoms in total. The smallest absolute Gasteiger partial charge is 0.00696 e. The van der Waals surface area contributed by atoms with Crippen LogP contribution in [0.25, 0.3) is 0 Å². The van der Waals surface area contributed by atoms with Crippen molar-refractivity contribution in [3.05, 3.63) is 35.9 Å². The van der Waals surface area contributed by atoms with Crippen LogP contribution in [0.4, 0.5) is 0 Å². The van der Waals surface area contributed by atoms with Gasteiger partial charge >= 0.3 is 0 Å². The van der Waals surface area contributed by atoms with Crippen LogP contribution >= 0.6 is 0 Å². The molecule has 0 radical (unpaired) electrons. The average molecular weight is 273 g/mol. The Labute approximate surface area is 125 Å². The van der Waals surface area contributed by atoms with Crippen molar-refractivity contribution in [2.45, 2.75) is 70.8 Å². The largest absolute Gasteiger partial charge is 0.314 e. The van der Waals surface area contributed by atoms with Crippen LogP contribution in [0.1, 0.15) is 63.9 Å². The summed E-state index contributed by atoms with van der Waals surface area (Å²) in [5.41, 5.74) is 1.49. The summed E-state index contributed by atoms with van der Waals surface area (Å²) < 4.78 is 0. The molecule has 1 saturated carbocycles. The molecule has 112 valence electrons. The second-order valence-electron chi connectivity index (χ2n) is 6.37. The third-order valence-corrected chi connectivity index (χ3v) is 4.70. The first-order valence-corrected chi connectivity index (χ1v) is 8.65. The first kappa shape index (κ1) is 15.6. The van der Waals surface area contributed by atoms with Crippen LogP contribution in [-0.4, -0.2) is 12.6 Å². The van der Waals surface area contributed by atoms with Crippen molar-refractivity contribution in [1.29, 1.82) is 0 Å². The van der Waals surface area contributed by atoms with Crippen molar-refractivity contribution < 1.29 is 0 Å². The molecule has 2 rings (SSSR count). The topological polar surface area (TPSA) is 12.0 Å². The first-order chi connectivity index (χ1) is 9.88. The Balaban J connectivity index is 1.71. The highest BCUT2D eigenvalue weighted by atomic mass is 14.9. The maximum Gasteiger partial charge on any atom is 0.00696 e. The Morgan fingerprint density at radius 3 is 2.55 bits per heavy atom. The molecule has 1 atom stereocenters.